The summed E-state index contributed by atoms with van der Waals surface area (Å²) in [5.41, 5.74) is 2.48. The second-order valence-electron chi connectivity index (χ2n) is 3.17. The third kappa shape index (κ3) is 1.67. The monoisotopic (exact) mass is 163 g/mol. The van der Waals surface area contributed by atoms with Gasteiger partial charge in [0.2, 0.25) is 0 Å². The maximum Gasteiger partial charge on any atom is 0.107 e. The van der Waals surface area contributed by atoms with Gasteiger partial charge in [-0.15, -0.1) is 5.73 Å². The molecule has 0 amide bonds. The van der Waals surface area contributed by atoms with Crippen molar-refractivity contribution < 1.29 is 5.11 Å². The summed E-state index contributed by atoms with van der Waals surface area (Å²) in [5, 5.41) is 9.69. The van der Waals surface area contributed by atoms with Gasteiger partial charge in [0.25, 0.3) is 0 Å². The highest BCUT2D eigenvalue weighted by molar-refractivity contribution is 5.52. The van der Waals surface area contributed by atoms with Crippen LogP contribution in [0.4, 0.5) is 0 Å². The molecular formula is C10H13NO. The SMILES string of the molecule is C=C=C(n1cccc1)C(C)(C)O. The fourth-order valence-electron chi connectivity index (χ4n) is 1.11. The lowest BCUT2D eigenvalue weighted by molar-refractivity contribution is 0.138. The molecule has 0 saturated heterocycles. The molecule has 0 saturated carbocycles. The van der Waals surface area contributed by atoms with Crippen LogP contribution in [-0.4, -0.2) is 15.3 Å². The van der Waals surface area contributed by atoms with Gasteiger partial charge in [-0.3, -0.25) is 0 Å². The lowest BCUT2D eigenvalue weighted by Crippen LogP contribution is -2.23. The molecule has 2 heteroatoms. The van der Waals surface area contributed by atoms with Crippen LogP contribution in [0.2, 0.25) is 0 Å². The molecule has 0 aliphatic rings. The Kier molecular flexibility index (Phi) is 2.22. The van der Waals surface area contributed by atoms with E-state index < -0.39 is 5.60 Å². The van der Waals surface area contributed by atoms with Crippen molar-refractivity contribution in [3.63, 3.8) is 0 Å². The number of nitrogens with zero attached hydrogens (tertiary/aromatic N) is 1. The van der Waals surface area contributed by atoms with Crippen LogP contribution in [0.1, 0.15) is 13.8 Å². The molecule has 1 heterocycles. The molecule has 0 aromatic carbocycles. The Hall–Kier alpha value is -1.24. The summed E-state index contributed by atoms with van der Waals surface area (Å²) in [6.07, 6.45) is 3.71. The van der Waals surface area contributed by atoms with Gasteiger partial charge >= 0.3 is 0 Å². The van der Waals surface area contributed by atoms with Crippen molar-refractivity contribution in [3.05, 3.63) is 36.8 Å². The third-order valence-electron chi connectivity index (χ3n) is 1.61. The van der Waals surface area contributed by atoms with Gasteiger partial charge < -0.3 is 9.67 Å². The summed E-state index contributed by atoms with van der Waals surface area (Å²) in [6, 6.07) is 3.78. The number of hydrogen-bond donors (Lipinski definition) is 1. The van der Waals surface area contributed by atoms with Gasteiger partial charge in [0.1, 0.15) is 5.60 Å². The predicted octanol–water partition coefficient (Wildman–Crippen LogP) is 1.88. The lowest BCUT2D eigenvalue weighted by atomic mass is 10.1. The number of hydrogen-bond acceptors (Lipinski definition) is 1. The molecule has 1 aromatic rings. The first-order valence-corrected chi connectivity index (χ1v) is 3.82. The Bertz CT molecular complexity index is 297. The Morgan fingerprint density at radius 1 is 1.42 bits per heavy atom. The van der Waals surface area contributed by atoms with E-state index in [-0.39, 0.29) is 0 Å². The van der Waals surface area contributed by atoms with E-state index in [1.54, 1.807) is 18.4 Å². The topological polar surface area (TPSA) is 25.2 Å². The molecule has 0 bridgehead atoms. The summed E-state index contributed by atoms with van der Waals surface area (Å²) in [6.45, 7) is 6.96. The van der Waals surface area contributed by atoms with Crippen molar-refractivity contribution in [2.75, 3.05) is 0 Å². The van der Waals surface area contributed by atoms with Gasteiger partial charge in [0, 0.05) is 12.4 Å². The molecule has 12 heavy (non-hydrogen) atoms. The first kappa shape index (κ1) is 8.85. The zero-order chi connectivity index (χ0) is 9.19. The highest BCUT2D eigenvalue weighted by Crippen LogP contribution is 2.18. The lowest BCUT2D eigenvalue weighted by Gasteiger charge is -2.20. The molecule has 0 radical (unpaired) electrons. The van der Waals surface area contributed by atoms with Crippen molar-refractivity contribution >= 4 is 5.70 Å². The fourth-order valence-corrected chi connectivity index (χ4v) is 1.11. The normalized spacial score (nSPS) is 10.9. The highest BCUT2D eigenvalue weighted by Gasteiger charge is 2.19. The molecule has 1 N–H and O–H groups in total. The van der Waals surface area contributed by atoms with Gasteiger partial charge in [0.05, 0.1) is 5.70 Å². The molecule has 1 rings (SSSR count). The van der Waals surface area contributed by atoms with E-state index in [9.17, 15) is 5.11 Å². The number of aliphatic hydroxyl groups is 1. The van der Waals surface area contributed by atoms with E-state index in [4.69, 9.17) is 0 Å². The second kappa shape index (κ2) is 3.02. The standard InChI is InChI=1S/C10H13NO/c1-4-9(10(2,3)12)11-7-5-6-8-11/h5-8,12H,1H2,2-3H3. The van der Waals surface area contributed by atoms with Gasteiger partial charge in [-0.1, -0.05) is 6.58 Å². The molecule has 0 atom stereocenters. The van der Waals surface area contributed by atoms with Crippen molar-refractivity contribution in [2.24, 2.45) is 0 Å². The minimum atomic E-state index is -0.902. The summed E-state index contributed by atoms with van der Waals surface area (Å²) >= 11 is 0. The minimum Gasteiger partial charge on any atom is -0.384 e. The molecular weight excluding hydrogens is 150 g/mol. The molecule has 0 aliphatic heterocycles. The molecule has 0 fully saturated rings. The van der Waals surface area contributed by atoms with E-state index in [1.165, 1.54) is 0 Å². The van der Waals surface area contributed by atoms with E-state index in [2.05, 4.69) is 12.3 Å². The van der Waals surface area contributed by atoms with Crippen LogP contribution >= 0.6 is 0 Å². The maximum atomic E-state index is 9.69. The summed E-state index contributed by atoms with van der Waals surface area (Å²) in [7, 11) is 0. The second-order valence-corrected chi connectivity index (χ2v) is 3.17. The first-order chi connectivity index (χ1) is 5.55. The molecule has 2 nitrogen and oxygen atoms in total. The smallest absolute Gasteiger partial charge is 0.107 e. The van der Waals surface area contributed by atoms with Crippen LogP contribution in [0.25, 0.3) is 5.70 Å². The Balaban J connectivity index is 3.10. The van der Waals surface area contributed by atoms with Crippen molar-refractivity contribution in [1.82, 2.24) is 4.57 Å². The van der Waals surface area contributed by atoms with Crippen LogP contribution in [-0.2, 0) is 0 Å². The average molecular weight is 163 g/mol. The summed E-state index contributed by atoms with van der Waals surface area (Å²) < 4.78 is 1.80. The zero-order valence-electron chi connectivity index (χ0n) is 7.41. The quantitative estimate of drug-likeness (QED) is 0.662. The van der Waals surface area contributed by atoms with Crippen LogP contribution in [0.3, 0.4) is 0 Å². The number of aromatic nitrogens is 1. The van der Waals surface area contributed by atoms with Crippen LogP contribution in [0, 0.1) is 0 Å². The van der Waals surface area contributed by atoms with E-state index >= 15 is 0 Å². The van der Waals surface area contributed by atoms with Crippen LogP contribution in [0.5, 0.6) is 0 Å². The predicted molar refractivity (Wildman–Crippen MR) is 49.6 cm³/mol. The largest absolute Gasteiger partial charge is 0.384 e. The summed E-state index contributed by atoms with van der Waals surface area (Å²) in [5.74, 6) is 0. The fraction of sp³-hybridized carbons (Fsp3) is 0.300. The molecule has 0 aliphatic carbocycles. The van der Waals surface area contributed by atoms with Crippen molar-refractivity contribution in [2.45, 2.75) is 19.4 Å². The van der Waals surface area contributed by atoms with Gasteiger partial charge in [-0.25, -0.2) is 0 Å². The van der Waals surface area contributed by atoms with E-state index in [0.717, 1.165) is 0 Å². The third-order valence-corrected chi connectivity index (χ3v) is 1.61. The minimum absolute atomic E-state index is 0.660. The Morgan fingerprint density at radius 3 is 2.25 bits per heavy atom. The maximum absolute atomic E-state index is 9.69. The molecule has 0 spiro atoms. The average Bonchev–Trinajstić information content (AvgIpc) is 2.38. The van der Waals surface area contributed by atoms with Crippen molar-refractivity contribution in [1.29, 1.82) is 0 Å². The van der Waals surface area contributed by atoms with Crippen molar-refractivity contribution in [3.8, 4) is 0 Å². The van der Waals surface area contributed by atoms with E-state index in [0.29, 0.717) is 5.70 Å². The van der Waals surface area contributed by atoms with Gasteiger partial charge in [-0.2, -0.15) is 0 Å². The zero-order valence-corrected chi connectivity index (χ0v) is 7.41. The van der Waals surface area contributed by atoms with E-state index in [1.807, 2.05) is 24.5 Å². The first-order valence-electron chi connectivity index (χ1n) is 3.82. The van der Waals surface area contributed by atoms with Crippen LogP contribution in [0.15, 0.2) is 36.8 Å². The summed E-state index contributed by atoms with van der Waals surface area (Å²) in [4.78, 5) is 0. The molecule has 64 valence electrons. The number of rotatable bonds is 2. The highest BCUT2D eigenvalue weighted by atomic mass is 16.3. The van der Waals surface area contributed by atoms with Gasteiger partial charge in [0.15, 0.2) is 0 Å². The Labute approximate surface area is 72.5 Å². The Morgan fingerprint density at radius 2 is 1.92 bits per heavy atom. The van der Waals surface area contributed by atoms with Gasteiger partial charge in [-0.05, 0) is 26.0 Å². The molecule has 0 unspecified atom stereocenters. The van der Waals surface area contributed by atoms with Crippen LogP contribution < -0.4 is 0 Å². The molecule has 1 aromatic heterocycles.